The van der Waals surface area contributed by atoms with E-state index in [2.05, 4.69) is 15.3 Å². The highest BCUT2D eigenvalue weighted by Crippen LogP contribution is 2.34. The molecule has 0 saturated carbocycles. The summed E-state index contributed by atoms with van der Waals surface area (Å²) in [6.45, 7) is 1.81. The molecule has 1 aromatic heterocycles. The Labute approximate surface area is 186 Å². The molecule has 0 spiro atoms. The van der Waals surface area contributed by atoms with Crippen molar-refractivity contribution in [2.45, 2.75) is 18.1 Å². The lowest BCUT2D eigenvalue weighted by Gasteiger charge is -2.11. The van der Waals surface area contributed by atoms with Gasteiger partial charge in [-0.1, -0.05) is 23.4 Å². The SMILES string of the molecule is COc1ccc(-c2nc(C)cc(SCC(=O)Nc3cc(C(F)(F)F)ccc3Cl)n2)cc1. The van der Waals surface area contributed by atoms with Gasteiger partial charge < -0.3 is 10.1 Å². The monoisotopic (exact) mass is 467 g/mol. The number of halogens is 4. The Morgan fingerprint density at radius 3 is 2.48 bits per heavy atom. The molecule has 31 heavy (non-hydrogen) atoms. The van der Waals surface area contributed by atoms with E-state index in [1.807, 2.05) is 12.1 Å². The molecule has 162 valence electrons. The number of anilines is 1. The maximum Gasteiger partial charge on any atom is 0.416 e. The smallest absolute Gasteiger partial charge is 0.416 e. The second kappa shape index (κ2) is 9.57. The molecule has 1 N–H and O–H groups in total. The largest absolute Gasteiger partial charge is 0.497 e. The van der Waals surface area contributed by atoms with Gasteiger partial charge in [0.1, 0.15) is 10.8 Å². The minimum atomic E-state index is -4.53. The molecule has 0 bridgehead atoms. The maximum atomic E-state index is 12.9. The lowest BCUT2D eigenvalue weighted by Crippen LogP contribution is -2.15. The molecule has 5 nitrogen and oxygen atoms in total. The van der Waals surface area contributed by atoms with Crippen molar-refractivity contribution in [1.29, 1.82) is 0 Å². The van der Waals surface area contributed by atoms with Crippen LogP contribution in [0.25, 0.3) is 11.4 Å². The van der Waals surface area contributed by atoms with Crippen molar-refractivity contribution in [2.75, 3.05) is 18.2 Å². The van der Waals surface area contributed by atoms with Crippen LogP contribution in [-0.2, 0) is 11.0 Å². The number of nitrogens with one attached hydrogen (secondary N) is 1. The van der Waals surface area contributed by atoms with Gasteiger partial charge in [0.15, 0.2) is 5.82 Å². The van der Waals surface area contributed by atoms with Crippen molar-refractivity contribution in [1.82, 2.24) is 9.97 Å². The van der Waals surface area contributed by atoms with E-state index in [9.17, 15) is 18.0 Å². The Hall–Kier alpha value is -2.78. The zero-order chi connectivity index (χ0) is 22.6. The van der Waals surface area contributed by atoms with Crippen molar-refractivity contribution in [2.24, 2.45) is 0 Å². The van der Waals surface area contributed by atoms with E-state index >= 15 is 0 Å². The first kappa shape index (κ1) is 22.9. The molecule has 0 aliphatic heterocycles. The highest BCUT2D eigenvalue weighted by atomic mass is 35.5. The van der Waals surface area contributed by atoms with Crippen molar-refractivity contribution >= 4 is 35.0 Å². The number of hydrogen-bond acceptors (Lipinski definition) is 5. The number of amides is 1. The fraction of sp³-hybridized carbons (Fsp3) is 0.190. The van der Waals surface area contributed by atoms with Crippen LogP contribution in [0, 0.1) is 6.92 Å². The Bertz CT molecular complexity index is 1090. The van der Waals surface area contributed by atoms with Gasteiger partial charge in [-0.05, 0) is 55.5 Å². The standard InChI is InChI=1S/C21H17ClF3N3O2S/c1-12-9-19(28-20(26-12)13-3-6-15(30-2)7-4-13)31-11-18(29)27-17-10-14(21(23,24)25)5-8-16(17)22/h3-10H,11H2,1-2H3,(H,27,29). The summed E-state index contributed by atoms with van der Waals surface area (Å²) >= 11 is 7.06. The lowest BCUT2D eigenvalue weighted by atomic mass is 10.2. The Morgan fingerprint density at radius 1 is 1.13 bits per heavy atom. The minimum Gasteiger partial charge on any atom is -0.497 e. The fourth-order valence-electron chi connectivity index (χ4n) is 2.61. The Morgan fingerprint density at radius 2 is 1.84 bits per heavy atom. The third-order valence-corrected chi connectivity index (χ3v) is 5.34. The molecule has 0 radical (unpaired) electrons. The molecule has 0 aliphatic carbocycles. The summed E-state index contributed by atoms with van der Waals surface area (Å²) in [5, 5.41) is 3.00. The number of aryl methyl sites for hydroxylation is 1. The van der Waals surface area contributed by atoms with Gasteiger partial charge >= 0.3 is 6.18 Å². The molecule has 0 atom stereocenters. The van der Waals surface area contributed by atoms with E-state index in [0.29, 0.717) is 22.3 Å². The molecule has 0 aliphatic rings. The van der Waals surface area contributed by atoms with Gasteiger partial charge in [-0.25, -0.2) is 9.97 Å². The summed E-state index contributed by atoms with van der Waals surface area (Å²) in [7, 11) is 1.57. The predicted molar refractivity (Wildman–Crippen MR) is 115 cm³/mol. The molecular formula is C21H17ClF3N3O2S. The van der Waals surface area contributed by atoms with Crippen LogP contribution in [0.1, 0.15) is 11.3 Å². The van der Waals surface area contributed by atoms with Crippen LogP contribution in [-0.4, -0.2) is 28.7 Å². The number of thioether (sulfide) groups is 1. The van der Waals surface area contributed by atoms with Gasteiger partial charge in [0.2, 0.25) is 5.91 Å². The van der Waals surface area contributed by atoms with E-state index in [1.165, 1.54) is 0 Å². The number of hydrogen-bond donors (Lipinski definition) is 1. The van der Waals surface area contributed by atoms with Crippen LogP contribution in [0.4, 0.5) is 18.9 Å². The summed E-state index contributed by atoms with van der Waals surface area (Å²) in [5.41, 5.74) is 0.506. The van der Waals surface area contributed by atoms with Crippen molar-refractivity contribution in [3.05, 3.63) is 64.8 Å². The molecule has 0 fully saturated rings. The molecular weight excluding hydrogens is 451 g/mol. The zero-order valence-electron chi connectivity index (χ0n) is 16.5. The van der Waals surface area contributed by atoms with Crippen LogP contribution in [0.15, 0.2) is 53.6 Å². The number of carbonyl (C=O) groups is 1. The zero-order valence-corrected chi connectivity index (χ0v) is 18.0. The van der Waals surface area contributed by atoms with Gasteiger partial charge in [-0.15, -0.1) is 0 Å². The lowest BCUT2D eigenvalue weighted by molar-refractivity contribution is -0.137. The molecule has 1 amide bonds. The van der Waals surface area contributed by atoms with Crippen molar-refractivity contribution in [3.63, 3.8) is 0 Å². The topological polar surface area (TPSA) is 64.1 Å². The minimum absolute atomic E-state index is 0.0195. The maximum absolute atomic E-state index is 12.9. The molecule has 10 heteroatoms. The van der Waals surface area contributed by atoms with E-state index in [1.54, 1.807) is 32.2 Å². The van der Waals surface area contributed by atoms with Gasteiger partial charge in [-0.2, -0.15) is 13.2 Å². The number of rotatable bonds is 6. The molecule has 2 aromatic carbocycles. The number of benzene rings is 2. The molecule has 3 rings (SSSR count). The van der Waals surface area contributed by atoms with E-state index in [-0.39, 0.29) is 16.5 Å². The van der Waals surface area contributed by atoms with Gasteiger partial charge in [0.05, 0.1) is 29.1 Å². The summed E-state index contributed by atoms with van der Waals surface area (Å²) in [6, 6.07) is 11.7. The average molecular weight is 468 g/mol. The number of ether oxygens (including phenoxy) is 1. The molecule has 0 unspecified atom stereocenters. The second-order valence-electron chi connectivity index (χ2n) is 6.43. The van der Waals surface area contributed by atoms with E-state index in [4.69, 9.17) is 16.3 Å². The van der Waals surface area contributed by atoms with Crippen LogP contribution in [0.3, 0.4) is 0 Å². The first-order valence-electron chi connectivity index (χ1n) is 8.95. The summed E-state index contributed by atoms with van der Waals surface area (Å²) in [6.07, 6.45) is -4.53. The second-order valence-corrected chi connectivity index (χ2v) is 7.83. The summed E-state index contributed by atoms with van der Waals surface area (Å²) < 4.78 is 43.8. The van der Waals surface area contributed by atoms with E-state index < -0.39 is 17.6 Å². The van der Waals surface area contributed by atoms with Crippen molar-refractivity contribution < 1.29 is 22.7 Å². The third kappa shape index (κ3) is 6.11. The number of carbonyl (C=O) groups excluding carboxylic acids is 1. The quantitative estimate of drug-likeness (QED) is 0.363. The summed E-state index contributed by atoms with van der Waals surface area (Å²) in [4.78, 5) is 21.1. The summed E-state index contributed by atoms with van der Waals surface area (Å²) in [5.74, 6) is 0.626. The first-order chi connectivity index (χ1) is 14.7. The van der Waals surface area contributed by atoms with Crippen molar-refractivity contribution in [3.8, 4) is 17.1 Å². The number of aromatic nitrogens is 2. The molecule has 1 heterocycles. The highest BCUT2D eigenvalue weighted by molar-refractivity contribution is 7.99. The number of alkyl halides is 3. The van der Waals surface area contributed by atoms with Crippen LogP contribution in [0.2, 0.25) is 5.02 Å². The highest BCUT2D eigenvalue weighted by Gasteiger charge is 2.31. The van der Waals surface area contributed by atoms with Crippen LogP contribution < -0.4 is 10.1 Å². The normalized spacial score (nSPS) is 11.3. The average Bonchev–Trinajstić information content (AvgIpc) is 2.73. The van der Waals surface area contributed by atoms with E-state index in [0.717, 1.165) is 35.5 Å². The molecule has 0 saturated heterocycles. The Kier molecular flexibility index (Phi) is 7.07. The Balaban J connectivity index is 1.70. The van der Waals surface area contributed by atoms with Crippen LogP contribution >= 0.6 is 23.4 Å². The third-order valence-electron chi connectivity index (χ3n) is 4.10. The van der Waals surface area contributed by atoms with Gasteiger partial charge in [-0.3, -0.25) is 4.79 Å². The van der Waals surface area contributed by atoms with Crippen LogP contribution in [0.5, 0.6) is 5.75 Å². The molecule has 3 aromatic rings. The number of nitrogens with zero attached hydrogens (tertiary/aromatic N) is 2. The predicted octanol–water partition coefficient (Wildman–Crippen LogP) is 5.86. The van der Waals surface area contributed by atoms with Gasteiger partial charge in [0, 0.05) is 11.3 Å². The van der Waals surface area contributed by atoms with Gasteiger partial charge in [0.25, 0.3) is 0 Å². The first-order valence-corrected chi connectivity index (χ1v) is 10.3. The fourth-order valence-corrected chi connectivity index (χ4v) is 3.53. The number of methoxy groups -OCH3 is 1.